The van der Waals surface area contributed by atoms with Crippen molar-refractivity contribution < 1.29 is 14.3 Å². The fraction of sp³-hybridized carbons (Fsp3) is 0.333. The molecular weight excluding hydrogens is 310 g/mol. The van der Waals surface area contributed by atoms with Crippen LogP contribution in [0.25, 0.3) is 0 Å². The van der Waals surface area contributed by atoms with Gasteiger partial charge in [-0.25, -0.2) is 0 Å². The maximum Gasteiger partial charge on any atom is 0.311 e. The summed E-state index contributed by atoms with van der Waals surface area (Å²) in [5.74, 6) is -0.228. The second kappa shape index (κ2) is 8.48. The summed E-state index contributed by atoms with van der Waals surface area (Å²) in [7, 11) is 0. The van der Waals surface area contributed by atoms with Crippen molar-refractivity contribution in [1.82, 2.24) is 0 Å². The Kier molecular flexibility index (Phi) is 6.35. The Labute approximate surface area is 140 Å². The molecule has 1 N–H and O–H groups in total. The molecule has 5 heteroatoms. The summed E-state index contributed by atoms with van der Waals surface area (Å²) < 4.78 is 4.98. The van der Waals surface area contributed by atoms with E-state index in [0.717, 1.165) is 11.3 Å². The van der Waals surface area contributed by atoms with Crippen molar-refractivity contribution >= 4 is 28.9 Å². The predicted octanol–water partition coefficient (Wildman–Crippen LogP) is 3.99. The van der Waals surface area contributed by atoms with Crippen LogP contribution in [0.15, 0.2) is 41.8 Å². The van der Waals surface area contributed by atoms with Crippen LogP contribution in [0, 0.1) is 0 Å². The molecule has 0 saturated heterocycles. The van der Waals surface area contributed by atoms with Crippen molar-refractivity contribution in [1.29, 1.82) is 0 Å². The fourth-order valence-electron chi connectivity index (χ4n) is 2.08. The van der Waals surface area contributed by atoms with Gasteiger partial charge in [-0.1, -0.05) is 32.0 Å². The van der Waals surface area contributed by atoms with E-state index >= 15 is 0 Å². The zero-order valence-electron chi connectivity index (χ0n) is 13.4. The number of ether oxygens (including phenoxy) is 1. The number of anilines is 1. The van der Waals surface area contributed by atoms with E-state index in [0.29, 0.717) is 11.6 Å². The maximum absolute atomic E-state index is 11.8. The molecule has 1 aromatic carbocycles. The first-order valence-corrected chi connectivity index (χ1v) is 8.54. The minimum atomic E-state index is -0.394. The molecule has 0 unspecified atom stereocenters. The molecule has 2 rings (SSSR count). The smallest absolute Gasteiger partial charge is 0.311 e. The van der Waals surface area contributed by atoms with E-state index in [1.165, 1.54) is 16.9 Å². The molecule has 0 bridgehead atoms. The van der Waals surface area contributed by atoms with Gasteiger partial charge in [0.2, 0.25) is 0 Å². The van der Waals surface area contributed by atoms with Crippen molar-refractivity contribution in [2.45, 2.75) is 32.6 Å². The lowest BCUT2D eigenvalue weighted by atomic mass is 9.99. The average molecular weight is 331 g/mol. The van der Waals surface area contributed by atoms with E-state index < -0.39 is 5.97 Å². The molecule has 0 aliphatic rings. The third-order valence-electron chi connectivity index (χ3n) is 3.64. The van der Waals surface area contributed by atoms with Gasteiger partial charge >= 0.3 is 5.97 Å². The molecule has 1 heterocycles. The number of hydrogen-bond donors (Lipinski definition) is 1. The summed E-state index contributed by atoms with van der Waals surface area (Å²) in [6, 6.07) is 11.5. The maximum atomic E-state index is 11.8. The third-order valence-corrected chi connectivity index (χ3v) is 4.52. The highest BCUT2D eigenvalue weighted by Gasteiger charge is 2.10. The van der Waals surface area contributed by atoms with Crippen LogP contribution in [0.4, 0.5) is 5.69 Å². The Morgan fingerprint density at radius 3 is 2.57 bits per heavy atom. The molecule has 23 heavy (non-hydrogen) atoms. The van der Waals surface area contributed by atoms with E-state index in [4.69, 9.17) is 4.74 Å². The minimum Gasteiger partial charge on any atom is -0.455 e. The highest BCUT2D eigenvalue weighted by molar-refractivity contribution is 7.10. The molecule has 0 fully saturated rings. The van der Waals surface area contributed by atoms with Crippen molar-refractivity contribution in [2.24, 2.45) is 0 Å². The highest BCUT2D eigenvalue weighted by Crippen LogP contribution is 2.20. The van der Waals surface area contributed by atoms with Crippen LogP contribution in [0.1, 0.15) is 36.6 Å². The summed E-state index contributed by atoms with van der Waals surface area (Å²) >= 11 is 1.49. The zero-order valence-corrected chi connectivity index (χ0v) is 14.2. The predicted molar refractivity (Wildman–Crippen MR) is 92.8 cm³/mol. The van der Waals surface area contributed by atoms with Gasteiger partial charge in [0.25, 0.3) is 5.91 Å². The van der Waals surface area contributed by atoms with Gasteiger partial charge in [-0.3, -0.25) is 9.59 Å². The topological polar surface area (TPSA) is 55.4 Å². The van der Waals surface area contributed by atoms with Crippen molar-refractivity contribution in [3.8, 4) is 0 Å². The van der Waals surface area contributed by atoms with Crippen LogP contribution in [-0.2, 0) is 20.7 Å². The molecule has 2 aromatic rings. The number of benzene rings is 1. The highest BCUT2D eigenvalue weighted by atomic mass is 32.1. The number of thiophene rings is 1. The summed E-state index contributed by atoms with van der Waals surface area (Å²) in [4.78, 5) is 24.4. The van der Waals surface area contributed by atoms with Crippen LogP contribution in [-0.4, -0.2) is 18.5 Å². The third kappa shape index (κ3) is 5.53. The molecule has 1 amide bonds. The summed E-state index contributed by atoms with van der Waals surface area (Å²) in [6.07, 6.45) is 1.28. The van der Waals surface area contributed by atoms with Gasteiger partial charge in [-0.05, 0) is 41.5 Å². The molecule has 4 nitrogen and oxygen atoms in total. The summed E-state index contributed by atoms with van der Waals surface area (Å²) in [5, 5.41) is 4.63. The number of nitrogens with one attached hydrogen (secondary N) is 1. The van der Waals surface area contributed by atoms with Crippen molar-refractivity contribution in [3.63, 3.8) is 0 Å². The molecule has 0 spiro atoms. The average Bonchev–Trinajstić information content (AvgIpc) is 3.06. The molecule has 0 radical (unpaired) electrons. The van der Waals surface area contributed by atoms with Gasteiger partial charge in [0.05, 0.1) is 6.42 Å². The lowest BCUT2D eigenvalue weighted by Gasteiger charge is -2.10. The number of esters is 1. The summed E-state index contributed by atoms with van der Waals surface area (Å²) in [6.45, 7) is 4.04. The van der Waals surface area contributed by atoms with Gasteiger partial charge in [0.1, 0.15) is 0 Å². The van der Waals surface area contributed by atoms with Gasteiger partial charge in [-0.2, -0.15) is 0 Å². The van der Waals surface area contributed by atoms with E-state index in [2.05, 4.69) is 19.2 Å². The number of hydrogen-bond acceptors (Lipinski definition) is 4. The molecule has 1 atom stereocenters. The first kappa shape index (κ1) is 17.2. The Bertz CT molecular complexity index is 635. The number of amides is 1. The Morgan fingerprint density at radius 1 is 1.22 bits per heavy atom. The first-order valence-electron chi connectivity index (χ1n) is 7.66. The van der Waals surface area contributed by atoms with E-state index in [-0.39, 0.29) is 18.9 Å². The molecular formula is C18H21NO3S. The molecule has 122 valence electrons. The minimum absolute atomic E-state index is 0.203. The van der Waals surface area contributed by atoms with E-state index in [9.17, 15) is 9.59 Å². The first-order chi connectivity index (χ1) is 11.1. The van der Waals surface area contributed by atoms with Gasteiger partial charge in [0.15, 0.2) is 6.61 Å². The van der Waals surface area contributed by atoms with Gasteiger partial charge < -0.3 is 10.1 Å². The van der Waals surface area contributed by atoms with Gasteiger partial charge in [0, 0.05) is 10.6 Å². The Balaban J connectivity index is 1.77. The van der Waals surface area contributed by atoms with Crippen molar-refractivity contribution in [2.75, 3.05) is 11.9 Å². The van der Waals surface area contributed by atoms with Crippen LogP contribution < -0.4 is 5.32 Å². The molecule has 0 aliphatic carbocycles. The monoisotopic (exact) mass is 331 g/mol. The van der Waals surface area contributed by atoms with Crippen LogP contribution in [0.5, 0.6) is 0 Å². The number of carbonyl (C=O) groups excluding carboxylic acids is 2. The second-order valence-electron chi connectivity index (χ2n) is 5.40. The Hall–Kier alpha value is -2.14. The standard InChI is InChI=1S/C18H21NO3S/c1-3-13(2)14-6-8-15(9-7-14)19-17(20)12-22-18(21)11-16-5-4-10-23-16/h4-10,13H,3,11-12H2,1-2H3,(H,19,20)/t13-/m1/s1. The van der Waals surface area contributed by atoms with Crippen LogP contribution in [0.2, 0.25) is 0 Å². The van der Waals surface area contributed by atoms with Crippen molar-refractivity contribution in [3.05, 3.63) is 52.2 Å². The SMILES string of the molecule is CC[C@@H](C)c1ccc(NC(=O)COC(=O)Cc2cccs2)cc1. The molecule has 1 aromatic heterocycles. The fourth-order valence-corrected chi connectivity index (χ4v) is 2.77. The Morgan fingerprint density at radius 2 is 1.96 bits per heavy atom. The number of rotatable bonds is 7. The molecule has 0 saturated carbocycles. The largest absolute Gasteiger partial charge is 0.455 e. The second-order valence-corrected chi connectivity index (χ2v) is 6.43. The number of carbonyl (C=O) groups is 2. The summed E-state index contributed by atoms with van der Waals surface area (Å²) in [5.41, 5.74) is 1.95. The lowest BCUT2D eigenvalue weighted by Crippen LogP contribution is -2.21. The quantitative estimate of drug-likeness (QED) is 0.781. The normalized spacial score (nSPS) is 11.7. The van der Waals surface area contributed by atoms with E-state index in [1.54, 1.807) is 0 Å². The van der Waals surface area contributed by atoms with E-state index in [1.807, 2.05) is 41.8 Å². The zero-order chi connectivity index (χ0) is 16.7. The van der Waals surface area contributed by atoms with Gasteiger partial charge in [-0.15, -0.1) is 11.3 Å². The molecule has 0 aliphatic heterocycles. The van der Waals surface area contributed by atoms with Crippen LogP contribution in [0.3, 0.4) is 0 Å². The van der Waals surface area contributed by atoms with Crippen LogP contribution >= 0.6 is 11.3 Å². The lowest BCUT2D eigenvalue weighted by molar-refractivity contribution is -0.146.